The van der Waals surface area contributed by atoms with E-state index in [0.717, 1.165) is 16.8 Å². The van der Waals surface area contributed by atoms with Crippen LogP contribution in [-0.2, 0) is 10.1 Å². The fourth-order valence-corrected chi connectivity index (χ4v) is 3.45. The van der Waals surface area contributed by atoms with E-state index in [1.165, 1.54) is 37.4 Å². The van der Waals surface area contributed by atoms with E-state index in [1.54, 1.807) is 18.3 Å². The Kier molecular flexibility index (Phi) is 6.02. The highest BCUT2D eigenvalue weighted by molar-refractivity contribution is 7.87. The highest BCUT2D eigenvalue weighted by atomic mass is 35.5. The van der Waals surface area contributed by atoms with Crippen molar-refractivity contribution < 1.29 is 17.3 Å². The first kappa shape index (κ1) is 19.9. The van der Waals surface area contributed by atoms with Gasteiger partial charge in [0.15, 0.2) is 11.5 Å². The van der Waals surface area contributed by atoms with E-state index in [0.29, 0.717) is 5.02 Å². The van der Waals surface area contributed by atoms with E-state index in [2.05, 4.69) is 4.99 Å². The largest absolute Gasteiger partial charge is 0.493 e. The summed E-state index contributed by atoms with van der Waals surface area (Å²) < 4.78 is 35.4. The standard InChI is InChI=1S/C21H18ClNO4S/c1-15-3-8-18(9-4-15)23-14-16-5-12-20(21(13-16)26-2)27-28(24,25)19-10-6-17(22)7-11-19/h3-14H,1-2H3. The monoisotopic (exact) mass is 415 g/mol. The zero-order chi connectivity index (χ0) is 20.1. The molecule has 28 heavy (non-hydrogen) atoms. The number of ether oxygens (including phenoxy) is 1. The molecule has 3 aromatic carbocycles. The lowest BCUT2D eigenvalue weighted by Crippen LogP contribution is -2.10. The second-order valence-corrected chi connectivity index (χ2v) is 7.98. The molecule has 0 atom stereocenters. The Morgan fingerprint density at radius 3 is 2.25 bits per heavy atom. The molecule has 0 fully saturated rings. The van der Waals surface area contributed by atoms with Crippen LogP contribution < -0.4 is 8.92 Å². The predicted molar refractivity (Wildman–Crippen MR) is 111 cm³/mol. The number of nitrogens with zero attached hydrogens (tertiary/aromatic N) is 1. The third kappa shape index (κ3) is 4.91. The summed E-state index contributed by atoms with van der Waals surface area (Å²) in [7, 11) is -2.56. The molecule has 0 spiro atoms. The van der Waals surface area contributed by atoms with Crippen LogP contribution in [0.25, 0.3) is 0 Å². The van der Waals surface area contributed by atoms with Crippen molar-refractivity contribution in [2.75, 3.05) is 7.11 Å². The van der Waals surface area contributed by atoms with Crippen LogP contribution in [0.1, 0.15) is 11.1 Å². The van der Waals surface area contributed by atoms with E-state index in [4.69, 9.17) is 20.5 Å². The summed E-state index contributed by atoms with van der Waals surface area (Å²) in [4.78, 5) is 4.40. The molecule has 0 amide bonds. The summed E-state index contributed by atoms with van der Waals surface area (Å²) in [6.07, 6.45) is 1.67. The van der Waals surface area contributed by atoms with Gasteiger partial charge in [0.25, 0.3) is 0 Å². The first-order chi connectivity index (χ1) is 13.4. The number of benzene rings is 3. The minimum atomic E-state index is -4.01. The van der Waals surface area contributed by atoms with Crippen LogP contribution in [0.4, 0.5) is 5.69 Å². The molecule has 5 nitrogen and oxygen atoms in total. The Morgan fingerprint density at radius 1 is 0.929 bits per heavy atom. The van der Waals surface area contributed by atoms with Crippen molar-refractivity contribution in [2.24, 2.45) is 4.99 Å². The second kappa shape index (κ2) is 8.46. The third-order valence-corrected chi connectivity index (χ3v) is 5.39. The summed E-state index contributed by atoms with van der Waals surface area (Å²) in [6, 6.07) is 18.4. The molecule has 0 aliphatic carbocycles. The van der Waals surface area contributed by atoms with Gasteiger partial charge in [0.2, 0.25) is 0 Å². The molecule has 0 aliphatic heterocycles. The quantitative estimate of drug-likeness (QED) is 0.411. The number of aliphatic imine (C=N–C) groups is 1. The lowest BCUT2D eigenvalue weighted by molar-refractivity contribution is 0.390. The van der Waals surface area contributed by atoms with Gasteiger partial charge in [-0.3, -0.25) is 4.99 Å². The molecule has 0 saturated carbocycles. The van der Waals surface area contributed by atoms with Gasteiger partial charge >= 0.3 is 10.1 Å². The summed E-state index contributed by atoms with van der Waals surface area (Å²) >= 11 is 5.80. The minimum Gasteiger partial charge on any atom is -0.493 e. The van der Waals surface area contributed by atoms with Crippen molar-refractivity contribution in [1.29, 1.82) is 0 Å². The van der Waals surface area contributed by atoms with Crippen LogP contribution >= 0.6 is 11.6 Å². The van der Waals surface area contributed by atoms with Gasteiger partial charge in [-0.1, -0.05) is 29.3 Å². The molecule has 7 heteroatoms. The number of aryl methyl sites for hydroxylation is 1. The Morgan fingerprint density at radius 2 is 1.61 bits per heavy atom. The Labute approximate surface area is 169 Å². The average Bonchev–Trinajstić information content (AvgIpc) is 2.68. The van der Waals surface area contributed by atoms with Crippen molar-refractivity contribution in [3.8, 4) is 11.5 Å². The molecule has 144 valence electrons. The molecule has 0 aliphatic rings. The highest BCUT2D eigenvalue weighted by Crippen LogP contribution is 2.31. The number of hydrogen-bond donors (Lipinski definition) is 0. The van der Waals surface area contributed by atoms with Crippen LogP contribution in [-0.4, -0.2) is 21.7 Å². The van der Waals surface area contributed by atoms with Crippen molar-refractivity contribution in [2.45, 2.75) is 11.8 Å². The lowest BCUT2D eigenvalue weighted by atomic mass is 10.2. The maximum Gasteiger partial charge on any atom is 0.339 e. The van der Waals surface area contributed by atoms with Gasteiger partial charge in [-0.25, -0.2) is 0 Å². The van der Waals surface area contributed by atoms with Gasteiger partial charge in [-0.2, -0.15) is 8.42 Å². The number of rotatable bonds is 6. The lowest BCUT2D eigenvalue weighted by Gasteiger charge is -2.11. The van der Waals surface area contributed by atoms with E-state index in [9.17, 15) is 8.42 Å². The highest BCUT2D eigenvalue weighted by Gasteiger charge is 2.19. The van der Waals surface area contributed by atoms with Crippen molar-refractivity contribution in [3.63, 3.8) is 0 Å². The number of methoxy groups -OCH3 is 1. The van der Waals surface area contributed by atoms with Crippen molar-refractivity contribution in [1.82, 2.24) is 0 Å². The minimum absolute atomic E-state index is 0.00367. The maximum atomic E-state index is 12.5. The van der Waals surface area contributed by atoms with Crippen molar-refractivity contribution >= 4 is 33.6 Å². The van der Waals surface area contributed by atoms with Crippen LogP contribution in [0.5, 0.6) is 11.5 Å². The predicted octanol–water partition coefficient (Wildman–Crippen LogP) is 5.18. The summed E-state index contributed by atoms with van der Waals surface area (Å²) in [6.45, 7) is 2.01. The average molecular weight is 416 g/mol. The molecule has 3 aromatic rings. The molecule has 0 heterocycles. The Bertz CT molecular complexity index is 1090. The van der Waals surface area contributed by atoms with Gasteiger partial charge in [0.05, 0.1) is 12.8 Å². The molecule has 0 unspecified atom stereocenters. The SMILES string of the molecule is COc1cc(C=Nc2ccc(C)cc2)ccc1OS(=O)(=O)c1ccc(Cl)cc1. The molecule has 0 N–H and O–H groups in total. The first-order valence-corrected chi connectivity index (χ1v) is 10.1. The maximum absolute atomic E-state index is 12.5. The zero-order valence-corrected chi connectivity index (χ0v) is 16.9. The van der Waals surface area contributed by atoms with Crippen molar-refractivity contribution in [3.05, 3.63) is 82.9 Å². The Balaban J connectivity index is 1.83. The molecule has 0 aromatic heterocycles. The van der Waals surface area contributed by atoms with Crippen LogP contribution in [0.2, 0.25) is 5.02 Å². The zero-order valence-electron chi connectivity index (χ0n) is 15.3. The molecular formula is C21H18ClNO4S. The molecule has 0 saturated heterocycles. The summed E-state index contributed by atoms with van der Waals surface area (Å²) in [5.74, 6) is 0.371. The second-order valence-electron chi connectivity index (χ2n) is 6.00. The number of halogens is 1. The van der Waals surface area contributed by atoms with E-state index in [1.807, 2.05) is 31.2 Å². The third-order valence-electron chi connectivity index (χ3n) is 3.89. The molecular weight excluding hydrogens is 398 g/mol. The van der Waals surface area contributed by atoms with Gasteiger partial charge in [-0.15, -0.1) is 0 Å². The van der Waals surface area contributed by atoms with Gasteiger partial charge in [-0.05, 0) is 67.1 Å². The topological polar surface area (TPSA) is 65.0 Å². The summed E-state index contributed by atoms with van der Waals surface area (Å²) in [5, 5.41) is 0.439. The van der Waals surface area contributed by atoms with Gasteiger partial charge in [0.1, 0.15) is 4.90 Å². The smallest absolute Gasteiger partial charge is 0.339 e. The first-order valence-electron chi connectivity index (χ1n) is 8.36. The van der Waals surface area contributed by atoms with Gasteiger partial charge in [0, 0.05) is 11.2 Å². The van der Waals surface area contributed by atoms with Gasteiger partial charge < -0.3 is 8.92 Å². The summed E-state index contributed by atoms with van der Waals surface area (Å²) in [5.41, 5.74) is 2.72. The number of hydrogen-bond acceptors (Lipinski definition) is 5. The molecule has 3 rings (SSSR count). The molecule has 0 radical (unpaired) electrons. The fourth-order valence-electron chi connectivity index (χ4n) is 2.38. The van der Waals surface area contributed by atoms with Crippen LogP contribution in [0.3, 0.4) is 0 Å². The van der Waals surface area contributed by atoms with E-state index >= 15 is 0 Å². The Hall–Kier alpha value is -2.83. The van der Waals surface area contributed by atoms with E-state index in [-0.39, 0.29) is 16.4 Å². The normalized spacial score (nSPS) is 11.5. The molecule has 0 bridgehead atoms. The van der Waals surface area contributed by atoms with Crippen LogP contribution in [0, 0.1) is 6.92 Å². The fraction of sp³-hybridized carbons (Fsp3) is 0.0952. The van der Waals surface area contributed by atoms with E-state index < -0.39 is 10.1 Å². The van der Waals surface area contributed by atoms with Crippen LogP contribution in [0.15, 0.2) is 76.6 Å².